The fourth-order valence-corrected chi connectivity index (χ4v) is 5.77. The summed E-state index contributed by atoms with van der Waals surface area (Å²) in [5.41, 5.74) is 0.274. The molecular formula is C26H18Cl3N3O8S2. The molecule has 0 aliphatic heterocycles. The molecule has 218 valence electrons. The summed E-state index contributed by atoms with van der Waals surface area (Å²) in [5, 5.41) is 5.27. The molecule has 1 heterocycles. The molecule has 5 aromatic rings. The third kappa shape index (κ3) is 7.44. The van der Waals surface area contributed by atoms with E-state index in [0.29, 0.717) is 15.8 Å². The highest BCUT2D eigenvalue weighted by atomic mass is 35.5. The minimum Gasteiger partial charge on any atom is -0.461 e. The molecule has 0 fully saturated rings. The van der Waals surface area contributed by atoms with Crippen LogP contribution in [-0.4, -0.2) is 46.5 Å². The van der Waals surface area contributed by atoms with Gasteiger partial charge in [0.15, 0.2) is 0 Å². The molecule has 4 aromatic carbocycles. The Hall–Kier alpha value is -3.56. The number of benzene rings is 4. The van der Waals surface area contributed by atoms with Gasteiger partial charge in [0.05, 0.1) is 5.02 Å². The largest absolute Gasteiger partial charge is 0.461 e. The molecule has 11 nitrogen and oxygen atoms in total. The number of ether oxygens (including phenoxy) is 1. The predicted molar refractivity (Wildman–Crippen MR) is 156 cm³/mol. The van der Waals surface area contributed by atoms with Gasteiger partial charge in [-0.15, -0.1) is 0 Å². The van der Waals surface area contributed by atoms with Crippen LogP contribution in [0.3, 0.4) is 0 Å². The van der Waals surface area contributed by atoms with E-state index in [0.717, 1.165) is 12.1 Å². The van der Waals surface area contributed by atoms with E-state index in [4.69, 9.17) is 48.6 Å². The van der Waals surface area contributed by atoms with Crippen LogP contribution in [-0.2, 0) is 20.2 Å². The lowest BCUT2D eigenvalue weighted by atomic mass is 10.1. The predicted octanol–water partition coefficient (Wildman–Crippen LogP) is 6.03. The second-order valence-electron chi connectivity index (χ2n) is 8.35. The molecule has 0 radical (unpaired) electrons. The Labute approximate surface area is 254 Å². The molecule has 0 saturated heterocycles. The number of fused-ring (bicyclic) bond motifs is 1. The van der Waals surface area contributed by atoms with E-state index in [9.17, 15) is 21.6 Å². The van der Waals surface area contributed by atoms with Gasteiger partial charge in [0.1, 0.15) is 28.2 Å². The highest BCUT2D eigenvalue weighted by Gasteiger charge is 2.27. The first-order chi connectivity index (χ1) is 19.8. The molecule has 0 spiro atoms. The summed E-state index contributed by atoms with van der Waals surface area (Å²) in [6.07, 6.45) is 1.64. The van der Waals surface area contributed by atoms with Crippen LogP contribution in [0.5, 0.6) is 5.75 Å². The summed E-state index contributed by atoms with van der Waals surface area (Å²) in [5.74, 6) is 0.0791. The van der Waals surface area contributed by atoms with Crippen molar-refractivity contribution in [3.63, 3.8) is 0 Å². The van der Waals surface area contributed by atoms with Crippen molar-refractivity contribution in [3.05, 3.63) is 112 Å². The van der Waals surface area contributed by atoms with E-state index in [1.54, 1.807) is 36.4 Å². The number of halogens is 3. The average Bonchev–Trinajstić information content (AvgIpc) is 3.46. The zero-order chi connectivity index (χ0) is 30.7. The molecule has 42 heavy (non-hydrogen) atoms. The molecule has 16 heteroatoms. The fraction of sp³-hybridized carbons (Fsp3) is 0.0385. The van der Waals surface area contributed by atoms with Crippen LogP contribution in [0, 0.1) is 0 Å². The zero-order valence-corrected chi connectivity index (χ0v) is 24.8. The van der Waals surface area contributed by atoms with Crippen molar-refractivity contribution >= 4 is 71.6 Å². The Morgan fingerprint density at radius 1 is 0.786 bits per heavy atom. The number of nitrogens with zero attached hydrogens (tertiary/aromatic N) is 3. The second kappa shape index (κ2) is 12.8. The Morgan fingerprint density at radius 3 is 1.81 bits per heavy atom. The number of Topliss-reactive ketones (excluding diaryl/α,β-unsaturated/α-hetero) is 1. The van der Waals surface area contributed by atoms with Crippen molar-refractivity contribution in [2.45, 2.75) is 16.0 Å². The lowest BCUT2D eigenvalue weighted by Gasteiger charge is -2.18. The standard InChI is InChI=1S/C16H10Cl3N3O2.C10H8O6S2/c17-10-1-4-12(5-2-10)24-16(22-9-20-8-21-22)15(23)13-6-3-11(18)7-14(13)19;11-17(12,13)9-5-1-3-7-8(9)4-2-6-10(7)18(14,15)16/h1-9,16H;1-6H,(H,11,12,13)(H,14,15,16). The van der Waals surface area contributed by atoms with Gasteiger partial charge in [-0.25, -0.2) is 9.67 Å². The highest BCUT2D eigenvalue weighted by Crippen LogP contribution is 2.29. The van der Waals surface area contributed by atoms with Gasteiger partial charge in [0.25, 0.3) is 26.5 Å². The maximum Gasteiger partial charge on any atom is 0.295 e. The van der Waals surface area contributed by atoms with E-state index in [1.807, 2.05) is 0 Å². The molecule has 0 bridgehead atoms. The zero-order valence-electron chi connectivity index (χ0n) is 20.9. The number of carbonyl (C=O) groups is 1. The van der Waals surface area contributed by atoms with Gasteiger partial charge in [-0.2, -0.15) is 21.9 Å². The first-order valence-corrected chi connectivity index (χ1v) is 15.5. The van der Waals surface area contributed by atoms with Crippen LogP contribution in [0.2, 0.25) is 15.1 Å². The molecule has 0 saturated carbocycles. The summed E-state index contributed by atoms with van der Waals surface area (Å²) in [4.78, 5) is 15.9. The van der Waals surface area contributed by atoms with Gasteiger partial charge in [-0.3, -0.25) is 13.9 Å². The monoisotopic (exact) mass is 669 g/mol. The summed E-state index contributed by atoms with van der Waals surface area (Å²) in [7, 11) is -8.94. The van der Waals surface area contributed by atoms with E-state index < -0.39 is 36.3 Å². The van der Waals surface area contributed by atoms with Crippen LogP contribution in [0.15, 0.2) is 101 Å². The average molecular weight is 671 g/mol. The van der Waals surface area contributed by atoms with E-state index >= 15 is 0 Å². The van der Waals surface area contributed by atoms with Crippen LogP contribution in [0.25, 0.3) is 10.8 Å². The van der Waals surface area contributed by atoms with E-state index in [1.165, 1.54) is 47.7 Å². The molecular weight excluding hydrogens is 653 g/mol. The van der Waals surface area contributed by atoms with Gasteiger partial charge in [-0.05, 0) is 54.6 Å². The molecule has 1 unspecified atom stereocenters. The Bertz CT molecular complexity index is 1900. The first-order valence-electron chi connectivity index (χ1n) is 11.5. The number of rotatable bonds is 7. The quantitative estimate of drug-likeness (QED) is 0.154. The summed E-state index contributed by atoms with van der Waals surface area (Å²) in [6, 6.07) is 18.8. The molecule has 0 aliphatic rings. The highest BCUT2D eigenvalue weighted by molar-refractivity contribution is 7.86. The Kier molecular flexibility index (Phi) is 9.53. The maximum absolute atomic E-state index is 12.9. The Morgan fingerprint density at radius 2 is 1.33 bits per heavy atom. The number of hydrogen-bond donors (Lipinski definition) is 2. The van der Waals surface area contributed by atoms with Crippen LogP contribution < -0.4 is 4.74 Å². The molecule has 1 atom stereocenters. The van der Waals surface area contributed by atoms with Crippen molar-refractivity contribution in [1.29, 1.82) is 0 Å². The summed E-state index contributed by atoms with van der Waals surface area (Å²) >= 11 is 17.9. The van der Waals surface area contributed by atoms with Crippen molar-refractivity contribution in [3.8, 4) is 5.75 Å². The van der Waals surface area contributed by atoms with Crippen molar-refractivity contribution in [1.82, 2.24) is 14.8 Å². The first kappa shape index (κ1) is 31.4. The SMILES string of the molecule is O=C(c1ccc(Cl)cc1Cl)C(Oc1ccc(Cl)cc1)n1cncn1.O=S(=O)(O)c1cccc2c(S(=O)(=O)O)cccc12. The number of ketones is 1. The number of carbonyl (C=O) groups excluding carboxylic acids is 1. The minimum absolute atomic E-state index is 0.0233. The number of hydrogen-bond acceptors (Lipinski definition) is 8. The molecule has 0 amide bonds. The smallest absolute Gasteiger partial charge is 0.295 e. The van der Waals surface area contributed by atoms with Gasteiger partial charge in [-0.1, -0.05) is 59.1 Å². The van der Waals surface area contributed by atoms with Crippen molar-refractivity contribution < 1.29 is 35.5 Å². The van der Waals surface area contributed by atoms with Gasteiger partial charge >= 0.3 is 0 Å². The molecule has 5 rings (SSSR count). The maximum atomic E-state index is 12.9. The van der Waals surface area contributed by atoms with Crippen molar-refractivity contribution in [2.75, 3.05) is 0 Å². The van der Waals surface area contributed by atoms with Crippen molar-refractivity contribution in [2.24, 2.45) is 0 Å². The molecule has 1 aromatic heterocycles. The topological polar surface area (TPSA) is 166 Å². The van der Waals surface area contributed by atoms with Gasteiger partial charge in [0.2, 0.25) is 5.78 Å². The number of aromatic nitrogens is 3. The van der Waals surface area contributed by atoms with Crippen LogP contribution in [0.1, 0.15) is 16.6 Å². The summed E-state index contributed by atoms with van der Waals surface area (Å²) < 4.78 is 69.8. The minimum atomic E-state index is -4.47. The van der Waals surface area contributed by atoms with Crippen LogP contribution >= 0.6 is 34.8 Å². The van der Waals surface area contributed by atoms with Gasteiger partial charge in [0, 0.05) is 26.4 Å². The lowest BCUT2D eigenvalue weighted by molar-refractivity contribution is 0.0619. The van der Waals surface area contributed by atoms with Crippen LogP contribution in [0.4, 0.5) is 0 Å². The molecule has 2 N–H and O–H groups in total. The normalized spacial score (nSPS) is 12.3. The fourth-order valence-electron chi connectivity index (χ4n) is 3.73. The third-order valence-electron chi connectivity index (χ3n) is 5.56. The second-order valence-corrected chi connectivity index (χ2v) is 12.4. The Balaban J connectivity index is 0.000000201. The molecule has 0 aliphatic carbocycles. The van der Waals surface area contributed by atoms with E-state index in [2.05, 4.69) is 10.1 Å². The summed E-state index contributed by atoms with van der Waals surface area (Å²) in [6.45, 7) is 0. The van der Waals surface area contributed by atoms with E-state index in [-0.39, 0.29) is 27.1 Å². The third-order valence-corrected chi connectivity index (χ3v) is 8.18. The van der Waals surface area contributed by atoms with Gasteiger partial charge < -0.3 is 4.74 Å². The lowest BCUT2D eigenvalue weighted by Crippen LogP contribution is -2.26.